The maximum Gasteiger partial charge on any atom is 0.338 e. The van der Waals surface area contributed by atoms with Crippen LogP contribution in [0.15, 0.2) is 76.2 Å². The monoisotopic (exact) mass is 514 g/mol. The highest BCUT2D eigenvalue weighted by molar-refractivity contribution is 7.07. The van der Waals surface area contributed by atoms with Gasteiger partial charge in [-0.2, -0.15) is 0 Å². The van der Waals surface area contributed by atoms with Crippen molar-refractivity contribution in [2.45, 2.75) is 13.0 Å². The average Bonchev–Trinajstić information content (AvgIpc) is 3.13. The first kappa shape index (κ1) is 24.0. The Morgan fingerprint density at radius 3 is 2.59 bits per heavy atom. The van der Waals surface area contributed by atoms with Gasteiger partial charge in [0.2, 0.25) is 0 Å². The van der Waals surface area contributed by atoms with Crippen LogP contribution in [0.3, 0.4) is 0 Å². The molecule has 0 amide bonds. The Hall–Kier alpha value is -3.13. The zero-order valence-electron chi connectivity index (χ0n) is 18.4. The molecule has 3 aromatic rings. The molecule has 0 radical (unpaired) electrons. The smallest absolute Gasteiger partial charge is 0.338 e. The van der Waals surface area contributed by atoms with E-state index in [-0.39, 0.29) is 12.2 Å². The molecule has 2 heterocycles. The fourth-order valence-corrected chi connectivity index (χ4v) is 5.00. The summed E-state index contributed by atoms with van der Waals surface area (Å²) in [6, 6.07) is 11.6. The maximum atomic E-state index is 13.6. The number of allylic oxidation sites excluding steroid dienone is 1. The molecule has 0 bridgehead atoms. The number of halogens is 2. The number of rotatable bonds is 6. The van der Waals surface area contributed by atoms with Crippen molar-refractivity contribution >= 4 is 46.6 Å². The normalized spacial score (nSPS) is 15.5. The average molecular weight is 515 g/mol. The lowest BCUT2D eigenvalue weighted by molar-refractivity contribution is -0.138. The zero-order valence-corrected chi connectivity index (χ0v) is 20.7. The third-order valence-electron chi connectivity index (χ3n) is 5.25. The number of aromatic nitrogens is 1. The molecule has 1 aromatic heterocycles. The van der Waals surface area contributed by atoms with Crippen molar-refractivity contribution in [3.05, 3.63) is 107 Å². The molecule has 0 saturated heterocycles. The van der Waals surface area contributed by atoms with Crippen LogP contribution in [0.5, 0.6) is 5.75 Å². The predicted octanol–water partition coefficient (Wildman–Crippen LogP) is 4.28. The lowest BCUT2D eigenvalue weighted by Gasteiger charge is -2.24. The van der Waals surface area contributed by atoms with Gasteiger partial charge in [0.25, 0.3) is 5.56 Å². The van der Waals surface area contributed by atoms with E-state index in [9.17, 15) is 9.59 Å². The summed E-state index contributed by atoms with van der Waals surface area (Å²) >= 11 is 13.4. The number of fused-ring (bicyclic) bond motifs is 1. The summed E-state index contributed by atoms with van der Waals surface area (Å²) in [7, 11) is 1.57. The lowest BCUT2D eigenvalue weighted by atomic mass is 9.96. The van der Waals surface area contributed by atoms with E-state index in [1.807, 2.05) is 12.1 Å². The minimum Gasteiger partial charge on any atom is -0.497 e. The molecule has 1 unspecified atom stereocenters. The molecule has 174 valence electrons. The highest BCUT2D eigenvalue weighted by Gasteiger charge is 2.33. The molecular formula is C25H20Cl2N2O4S. The van der Waals surface area contributed by atoms with Gasteiger partial charge in [-0.25, -0.2) is 9.79 Å². The molecule has 0 spiro atoms. The predicted molar refractivity (Wildman–Crippen MR) is 134 cm³/mol. The van der Waals surface area contributed by atoms with Crippen LogP contribution in [0.2, 0.25) is 10.0 Å². The van der Waals surface area contributed by atoms with Crippen molar-refractivity contribution in [3.63, 3.8) is 0 Å². The second kappa shape index (κ2) is 10.0. The van der Waals surface area contributed by atoms with Crippen LogP contribution in [0.4, 0.5) is 0 Å². The van der Waals surface area contributed by atoms with Crippen molar-refractivity contribution in [1.82, 2.24) is 4.57 Å². The number of ether oxygens (including phenoxy) is 2. The second-order valence-electron chi connectivity index (χ2n) is 7.42. The van der Waals surface area contributed by atoms with E-state index in [1.54, 1.807) is 50.4 Å². The minimum atomic E-state index is -0.713. The highest BCUT2D eigenvalue weighted by atomic mass is 35.5. The van der Waals surface area contributed by atoms with Gasteiger partial charge in [-0.15, -0.1) is 0 Å². The van der Waals surface area contributed by atoms with Gasteiger partial charge in [-0.1, -0.05) is 65.4 Å². The minimum absolute atomic E-state index is 0.0483. The summed E-state index contributed by atoms with van der Waals surface area (Å²) in [6.45, 7) is 5.37. The number of carbonyl (C=O) groups is 1. The highest BCUT2D eigenvalue weighted by Crippen LogP contribution is 2.31. The van der Waals surface area contributed by atoms with Gasteiger partial charge in [-0.05, 0) is 48.4 Å². The first-order chi connectivity index (χ1) is 16.3. The molecule has 9 heteroatoms. The third kappa shape index (κ3) is 4.59. The Morgan fingerprint density at radius 1 is 1.21 bits per heavy atom. The van der Waals surface area contributed by atoms with Crippen LogP contribution >= 0.6 is 34.5 Å². The topological polar surface area (TPSA) is 69.9 Å². The van der Waals surface area contributed by atoms with Gasteiger partial charge in [0.1, 0.15) is 12.4 Å². The number of nitrogens with zero attached hydrogens (tertiary/aromatic N) is 2. The number of thiazole rings is 1. The first-order valence-electron chi connectivity index (χ1n) is 10.2. The molecule has 0 saturated carbocycles. The summed E-state index contributed by atoms with van der Waals surface area (Å²) in [5.41, 5.74) is 1.94. The largest absolute Gasteiger partial charge is 0.497 e. The third-order valence-corrected chi connectivity index (χ3v) is 6.97. The van der Waals surface area contributed by atoms with Crippen LogP contribution in [-0.4, -0.2) is 24.3 Å². The van der Waals surface area contributed by atoms with Crippen molar-refractivity contribution in [2.24, 2.45) is 4.99 Å². The van der Waals surface area contributed by atoms with E-state index in [4.69, 9.17) is 32.7 Å². The molecular weight excluding hydrogens is 495 g/mol. The second-order valence-corrected chi connectivity index (χ2v) is 9.24. The van der Waals surface area contributed by atoms with Crippen molar-refractivity contribution in [1.29, 1.82) is 0 Å². The first-order valence-corrected chi connectivity index (χ1v) is 11.8. The molecule has 0 N–H and O–H groups in total. The van der Waals surface area contributed by atoms with Crippen LogP contribution < -0.4 is 19.6 Å². The van der Waals surface area contributed by atoms with Gasteiger partial charge in [0.15, 0.2) is 4.80 Å². The Kier molecular flexibility index (Phi) is 7.07. The van der Waals surface area contributed by atoms with Crippen molar-refractivity contribution in [2.75, 3.05) is 13.7 Å². The van der Waals surface area contributed by atoms with Crippen LogP contribution in [0.25, 0.3) is 6.08 Å². The number of methoxy groups -OCH3 is 1. The fourth-order valence-electron chi connectivity index (χ4n) is 3.65. The number of benzene rings is 2. The molecule has 34 heavy (non-hydrogen) atoms. The van der Waals surface area contributed by atoms with E-state index < -0.39 is 12.0 Å². The van der Waals surface area contributed by atoms with Crippen LogP contribution in [0, 0.1) is 0 Å². The zero-order chi connectivity index (χ0) is 24.4. The number of hydrogen-bond acceptors (Lipinski definition) is 6. The molecule has 0 aliphatic carbocycles. The van der Waals surface area contributed by atoms with E-state index in [2.05, 4.69) is 11.6 Å². The summed E-state index contributed by atoms with van der Waals surface area (Å²) in [4.78, 5) is 31.6. The van der Waals surface area contributed by atoms with E-state index in [1.165, 1.54) is 22.0 Å². The molecule has 1 aliphatic rings. The van der Waals surface area contributed by atoms with E-state index in [0.29, 0.717) is 36.4 Å². The Bertz CT molecular complexity index is 1490. The number of esters is 1. The Morgan fingerprint density at radius 2 is 1.94 bits per heavy atom. The SMILES string of the molecule is C=CCOC(=O)C1=C(C)N=c2sc(=Cc3ccc(Cl)c(Cl)c3)c(=O)n2C1c1ccc(OC)cc1. The van der Waals surface area contributed by atoms with Crippen LogP contribution in [-0.2, 0) is 9.53 Å². The van der Waals surface area contributed by atoms with E-state index in [0.717, 1.165) is 11.1 Å². The molecule has 4 rings (SSSR count). The standard InChI is InChI=1S/C25H20Cl2N2O4S/c1-4-11-33-24(31)21-14(2)28-25-29(22(21)16-6-8-17(32-3)9-7-16)23(30)20(34-25)13-15-5-10-18(26)19(27)12-15/h4-10,12-13,22H,1,11H2,2-3H3. The summed E-state index contributed by atoms with van der Waals surface area (Å²) < 4.78 is 12.6. The fraction of sp³-hybridized carbons (Fsp3) is 0.160. The van der Waals surface area contributed by atoms with Crippen molar-refractivity contribution < 1.29 is 14.3 Å². The Labute approximate surface area is 209 Å². The number of hydrogen-bond donors (Lipinski definition) is 0. The van der Waals surface area contributed by atoms with Gasteiger partial charge in [0.05, 0.1) is 39.0 Å². The lowest BCUT2D eigenvalue weighted by Crippen LogP contribution is -2.39. The van der Waals surface area contributed by atoms with Gasteiger partial charge < -0.3 is 9.47 Å². The van der Waals surface area contributed by atoms with E-state index >= 15 is 0 Å². The molecule has 1 aliphatic heterocycles. The van der Waals surface area contributed by atoms with Gasteiger partial charge in [-0.3, -0.25) is 9.36 Å². The maximum absolute atomic E-state index is 13.6. The van der Waals surface area contributed by atoms with Crippen molar-refractivity contribution in [3.8, 4) is 5.75 Å². The molecule has 2 aromatic carbocycles. The number of carbonyl (C=O) groups excluding carboxylic acids is 1. The summed E-state index contributed by atoms with van der Waals surface area (Å²) in [6.07, 6.45) is 3.22. The van der Waals surface area contributed by atoms with Gasteiger partial charge in [0, 0.05) is 0 Å². The summed E-state index contributed by atoms with van der Waals surface area (Å²) in [5, 5.41) is 0.820. The molecule has 6 nitrogen and oxygen atoms in total. The molecule has 1 atom stereocenters. The Balaban J connectivity index is 1.92. The molecule has 0 fully saturated rings. The summed E-state index contributed by atoms with van der Waals surface area (Å²) in [5.74, 6) is 0.105. The van der Waals surface area contributed by atoms with Crippen LogP contribution in [0.1, 0.15) is 24.1 Å². The quantitative estimate of drug-likeness (QED) is 0.363. The van der Waals surface area contributed by atoms with Gasteiger partial charge >= 0.3 is 5.97 Å².